The van der Waals surface area contributed by atoms with Gasteiger partial charge in [0.15, 0.2) is 0 Å². The molecule has 0 amide bonds. The van der Waals surface area contributed by atoms with Gasteiger partial charge in [-0.3, -0.25) is 0 Å². The molecule has 1 aliphatic carbocycles. The predicted molar refractivity (Wildman–Crippen MR) is 72.5 cm³/mol. The van der Waals surface area contributed by atoms with Gasteiger partial charge in [-0.1, -0.05) is 48.5 Å². The van der Waals surface area contributed by atoms with Crippen molar-refractivity contribution < 1.29 is 5.48 Å². The first-order chi connectivity index (χ1) is 6.60. The van der Waals surface area contributed by atoms with E-state index in [1.807, 2.05) is 0 Å². The molecule has 0 saturated heterocycles. The Labute approximate surface area is 102 Å². The molecule has 1 saturated carbocycles. The van der Waals surface area contributed by atoms with Crippen molar-refractivity contribution in [1.29, 1.82) is 0 Å². The molecule has 0 bridgehead atoms. The fourth-order valence-electron chi connectivity index (χ4n) is 3.02. The first-order valence-electron chi connectivity index (χ1n) is 6.60. The molecule has 1 fully saturated rings. The standard InChI is InChI=1S/C15H30.H2O/c1-11-8-12(14(2,3)4)10-13(9-11)15(5,6)7;/h11-13H,8-10H2,1-7H3;1H2. The van der Waals surface area contributed by atoms with Crippen molar-refractivity contribution >= 4 is 0 Å². The van der Waals surface area contributed by atoms with Gasteiger partial charge >= 0.3 is 0 Å². The van der Waals surface area contributed by atoms with Crippen LogP contribution in [0.5, 0.6) is 0 Å². The van der Waals surface area contributed by atoms with E-state index in [4.69, 9.17) is 0 Å². The maximum absolute atomic E-state index is 2.44. The largest absolute Gasteiger partial charge is 0.412 e. The van der Waals surface area contributed by atoms with Gasteiger partial charge in [0.05, 0.1) is 0 Å². The quantitative estimate of drug-likeness (QED) is 0.592. The van der Waals surface area contributed by atoms with Crippen molar-refractivity contribution in [3.63, 3.8) is 0 Å². The Morgan fingerprint density at radius 2 is 1.00 bits per heavy atom. The van der Waals surface area contributed by atoms with E-state index in [-0.39, 0.29) is 5.48 Å². The minimum atomic E-state index is 0. The van der Waals surface area contributed by atoms with Crippen molar-refractivity contribution in [2.75, 3.05) is 0 Å². The lowest BCUT2D eigenvalue weighted by Crippen LogP contribution is -2.35. The van der Waals surface area contributed by atoms with Crippen LogP contribution in [0.2, 0.25) is 0 Å². The van der Waals surface area contributed by atoms with Crippen LogP contribution in [0.3, 0.4) is 0 Å². The molecular weight excluding hydrogens is 196 g/mol. The number of rotatable bonds is 0. The van der Waals surface area contributed by atoms with E-state index in [0.29, 0.717) is 10.8 Å². The summed E-state index contributed by atoms with van der Waals surface area (Å²) < 4.78 is 0. The predicted octanol–water partition coefficient (Wildman–Crippen LogP) is 4.31. The lowest BCUT2D eigenvalue weighted by molar-refractivity contribution is 0.0550. The highest BCUT2D eigenvalue weighted by atomic mass is 16.0. The lowest BCUT2D eigenvalue weighted by atomic mass is 9.61. The molecule has 0 spiro atoms. The van der Waals surface area contributed by atoms with Crippen LogP contribution in [-0.4, -0.2) is 5.48 Å². The molecule has 2 N–H and O–H groups in total. The van der Waals surface area contributed by atoms with Crippen molar-refractivity contribution in [2.45, 2.75) is 67.7 Å². The Morgan fingerprint density at radius 1 is 0.688 bits per heavy atom. The monoisotopic (exact) mass is 228 g/mol. The van der Waals surface area contributed by atoms with E-state index in [9.17, 15) is 0 Å². The third kappa shape index (κ3) is 4.08. The molecule has 0 radical (unpaired) electrons. The third-order valence-electron chi connectivity index (χ3n) is 4.39. The Morgan fingerprint density at radius 3 is 1.25 bits per heavy atom. The molecule has 1 heteroatoms. The molecule has 1 aliphatic rings. The van der Waals surface area contributed by atoms with E-state index < -0.39 is 0 Å². The smallest absolute Gasteiger partial charge is 0.0354 e. The van der Waals surface area contributed by atoms with Crippen LogP contribution in [0.1, 0.15) is 67.7 Å². The van der Waals surface area contributed by atoms with Gasteiger partial charge in [-0.25, -0.2) is 0 Å². The summed E-state index contributed by atoms with van der Waals surface area (Å²) in [5.74, 6) is 2.77. The Kier molecular flexibility index (Phi) is 5.07. The van der Waals surface area contributed by atoms with Crippen LogP contribution in [0, 0.1) is 28.6 Å². The van der Waals surface area contributed by atoms with Crippen molar-refractivity contribution in [1.82, 2.24) is 0 Å². The Balaban J connectivity index is 0.00000225. The van der Waals surface area contributed by atoms with E-state index in [2.05, 4.69) is 48.5 Å². The second-order valence-corrected chi connectivity index (χ2v) is 7.94. The first kappa shape index (κ1) is 16.0. The van der Waals surface area contributed by atoms with Crippen molar-refractivity contribution in [3.8, 4) is 0 Å². The summed E-state index contributed by atoms with van der Waals surface area (Å²) in [5.41, 5.74) is 0.996. The molecular formula is C15H32O. The van der Waals surface area contributed by atoms with Crippen LogP contribution in [-0.2, 0) is 0 Å². The molecule has 2 atom stereocenters. The van der Waals surface area contributed by atoms with Crippen LogP contribution in [0.15, 0.2) is 0 Å². The topological polar surface area (TPSA) is 31.5 Å². The number of hydrogen-bond acceptors (Lipinski definition) is 0. The minimum absolute atomic E-state index is 0. The lowest BCUT2D eigenvalue weighted by Gasteiger charge is -2.45. The van der Waals surface area contributed by atoms with Gasteiger partial charge in [0.2, 0.25) is 0 Å². The van der Waals surface area contributed by atoms with E-state index >= 15 is 0 Å². The summed E-state index contributed by atoms with van der Waals surface area (Å²) in [4.78, 5) is 0. The minimum Gasteiger partial charge on any atom is -0.412 e. The molecule has 2 unspecified atom stereocenters. The molecule has 0 aromatic heterocycles. The Bertz CT molecular complexity index is 184. The molecule has 98 valence electrons. The molecule has 16 heavy (non-hydrogen) atoms. The maximum Gasteiger partial charge on any atom is -0.0354 e. The second-order valence-electron chi connectivity index (χ2n) is 7.94. The van der Waals surface area contributed by atoms with E-state index in [1.54, 1.807) is 0 Å². The zero-order chi connectivity index (χ0) is 11.9. The maximum atomic E-state index is 2.44. The fourth-order valence-corrected chi connectivity index (χ4v) is 3.02. The average molecular weight is 228 g/mol. The van der Waals surface area contributed by atoms with Crippen molar-refractivity contribution in [3.05, 3.63) is 0 Å². The summed E-state index contributed by atoms with van der Waals surface area (Å²) >= 11 is 0. The average Bonchev–Trinajstić information content (AvgIpc) is 1.99. The molecule has 1 nitrogen and oxygen atoms in total. The van der Waals surface area contributed by atoms with E-state index in [1.165, 1.54) is 19.3 Å². The van der Waals surface area contributed by atoms with Gasteiger partial charge in [0.1, 0.15) is 0 Å². The summed E-state index contributed by atoms with van der Waals surface area (Å²) in [5, 5.41) is 0. The second kappa shape index (κ2) is 5.08. The highest BCUT2D eigenvalue weighted by Gasteiger charge is 2.37. The van der Waals surface area contributed by atoms with Gasteiger partial charge in [0, 0.05) is 0 Å². The van der Waals surface area contributed by atoms with Crippen LogP contribution < -0.4 is 0 Å². The molecule has 1 rings (SSSR count). The van der Waals surface area contributed by atoms with Crippen LogP contribution in [0.4, 0.5) is 0 Å². The normalized spacial score (nSPS) is 32.1. The summed E-state index contributed by atoms with van der Waals surface area (Å²) in [6.07, 6.45) is 4.32. The third-order valence-corrected chi connectivity index (χ3v) is 4.39. The SMILES string of the molecule is CC1CC(C(C)(C)C)CC(C(C)(C)C)C1.O. The highest BCUT2D eigenvalue weighted by Crippen LogP contribution is 2.47. The molecule has 0 aromatic carbocycles. The van der Waals surface area contributed by atoms with Crippen LogP contribution in [0.25, 0.3) is 0 Å². The summed E-state index contributed by atoms with van der Waals surface area (Å²) in [6, 6.07) is 0. The zero-order valence-corrected chi connectivity index (χ0v) is 12.4. The Hall–Kier alpha value is -0.0400. The molecule has 0 aliphatic heterocycles. The van der Waals surface area contributed by atoms with Gasteiger partial charge in [0.25, 0.3) is 0 Å². The first-order valence-corrected chi connectivity index (χ1v) is 6.60. The van der Waals surface area contributed by atoms with Crippen LogP contribution >= 0.6 is 0 Å². The summed E-state index contributed by atoms with van der Waals surface area (Å²) in [6.45, 7) is 16.9. The van der Waals surface area contributed by atoms with Gasteiger partial charge in [-0.15, -0.1) is 0 Å². The summed E-state index contributed by atoms with van der Waals surface area (Å²) in [7, 11) is 0. The van der Waals surface area contributed by atoms with Gasteiger partial charge < -0.3 is 5.48 Å². The van der Waals surface area contributed by atoms with Gasteiger partial charge in [-0.05, 0) is 47.8 Å². The fraction of sp³-hybridized carbons (Fsp3) is 1.00. The molecule has 0 aromatic rings. The van der Waals surface area contributed by atoms with Crippen molar-refractivity contribution in [2.24, 2.45) is 28.6 Å². The highest BCUT2D eigenvalue weighted by molar-refractivity contribution is 4.88. The molecule has 0 heterocycles. The number of hydrogen-bond donors (Lipinski definition) is 0. The zero-order valence-electron chi connectivity index (χ0n) is 12.4. The van der Waals surface area contributed by atoms with Gasteiger partial charge in [-0.2, -0.15) is 0 Å². The van der Waals surface area contributed by atoms with E-state index in [0.717, 1.165) is 17.8 Å².